The van der Waals surface area contributed by atoms with E-state index in [4.69, 9.17) is 9.15 Å². The zero-order valence-electron chi connectivity index (χ0n) is 12.5. The molecular formula is C18H19NO3. The van der Waals surface area contributed by atoms with Crippen molar-refractivity contribution in [2.75, 3.05) is 13.7 Å². The van der Waals surface area contributed by atoms with Crippen LogP contribution in [0.3, 0.4) is 0 Å². The van der Waals surface area contributed by atoms with Crippen molar-refractivity contribution in [2.24, 2.45) is 0 Å². The lowest BCUT2D eigenvalue weighted by Gasteiger charge is -2.27. The lowest BCUT2D eigenvalue weighted by atomic mass is 10.00. The Kier molecular flexibility index (Phi) is 4.11. The Morgan fingerprint density at radius 3 is 2.64 bits per heavy atom. The Hall–Kier alpha value is -2.33. The Morgan fingerprint density at radius 2 is 2.05 bits per heavy atom. The van der Waals surface area contributed by atoms with Crippen molar-refractivity contribution < 1.29 is 13.9 Å². The van der Waals surface area contributed by atoms with Crippen LogP contribution >= 0.6 is 0 Å². The van der Waals surface area contributed by atoms with Gasteiger partial charge in [0.25, 0.3) is 0 Å². The van der Waals surface area contributed by atoms with Gasteiger partial charge < -0.3 is 14.5 Å². The van der Waals surface area contributed by atoms with Crippen molar-refractivity contribution >= 4 is 12.0 Å². The van der Waals surface area contributed by atoms with Crippen LogP contribution in [0.1, 0.15) is 16.7 Å². The summed E-state index contributed by atoms with van der Waals surface area (Å²) in [5.41, 5.74) is 3.12. The second kappa shape index (κ2) is 6.20. The topological polar surface area (TPSA) is 51.5 Å². The number of fused-ring (bicyclic) bond motifs is 1. The van der Waals surface area contributed by atoms with Crippen LogP contribution in [0.4, 0.5) is 0 Å². The molecule has 0 bridgehead atoms. The number of hydrogen-bond acceptors (Lipinski definition) is 3. The van der Waals surface area contributed by atoms with Crippen LogP contribution < -0.4 is 5.32 Å². The van der Waals surface area contributed by atoms with Gasteiger partial charge in [0, 0.05) is 38.1 Å². The Bertz CT molecular complexity index is 648. The van der Waals surface area contributed by atoms with E-state index in [1.165, 1.54) is 17.2 Å². The number of ether oxygens (including phenoxy) is 1. The molecule has 0 fully saturated rings. The molecule has 3 rings (SSSR count). The number of amides is 1. The predicted molar refractivity (Wildman–Crippen MR) is 84.3 cm³/mol. The highest BCUT2D eigenvalue weighted by Gasteiger charge is 2.37. The van der Waals surface area contributed by atoms with Gasteiger partial charge in [0.2, 0.25) is 5.91 Å². The number of carbonyl (C=O) groups excluding carboxylic acids is 1. The van der Waals surface area contributed by atoms with E-state index in [0.717, 1.165) is 18.4 Å². The molecule has 1 aliphatic rings. The van der Waals surface area contributed by atoms with Crippen molar-refractivity contribution in [3.8, 4) is 0 Å². The maximum Gasteiger partial charge on any atom is 0.244 e. The molecule has 1 aliphatic carbocycles. The normalized spacial score (nSPS) is 15.9. The van der Waals surface area contributed by atoms with E-state index < -0.39 is 0 Å². The van der Waals surface area contributed by atoms with Crippen LogP contribution in [0, 0.1) is 0 Å². The van der Waals surface area contributed by atoms with Crippen molar-refractivity contribution in [1.29, 1.82) is 0 Å². The predicted octanol–water partition coefficient (Wildman–Crippen LogP) is 2.59. The van der Waals surface area contributed by atoms with Crippen molar-refractivity contribution in [2.45, 2.75) is 18.4 Å². The van der Waals surface area contributed by atoms with Crippen LogP contribution in [-0.4, -0.2) is 25.2 Å². The third-order valence-corrected chi connectivity index (χ3v) is 4.13. The number of methoxy groups -OCH3 is 1. The molecular weight excluding hydrogens is 278 g/mol. The fraction of sp³-hybridized carbons (Fsp3) is 0.278. The minimum atomic E-state index is -0.344. The Labute approximate surface area is 129 Å². The number of carbonyl (C=O) groups is 1. The highest BCUT2D eigenvalue weighted by atomic mass is 16.5. The molecule has 22 heavy (non-hydrogen) atoms. The number of nitrogens with one attached hydrogen (secondary N) is 1. The van der Waals surface area contributed by atoms with Gasteiger partial charge in [-0.3, -0.25) is 4.79 Å². The molecule has 4 heteroatoms. The van der Waals surface area contributed by atoms with Gasteiger partial charge in [0.1, 0.15) is 0 Å². The minimum Gasteiger partial charge on any atom is -0.472 e. The maximum absolute atomic E-state index is 11.9. The number of furan rings is 1. The molecule has 1 aromatic heterocycles. The molecule has 4 nitrogen and oxygen atoms in total. The number of rotatable bonds is 5. The van der Waals surface area contributed by atoms with Gasteiger partial charge in [-0.1, -0.05) is 24.3 Å². The smallest absolute Gasteiger partial charge is 0.244 e. The van der Waals surface area contributed by atoms with Gasteiger partial charge in [-0.2, -0.15) is 0 Å². The lowest BCUT2D eigenvalue weighted by molar-refractivity contribution is -0.118. The van der Waals surface area contributed by atoms with Gasteiger partial charge in [-0.05, 0) is 23.3 Å². The molecule has 1 N–H and O–H groups in total. The van der Waals surface area contributed by atoms with Gasteiger partial charge in [0.05, 0.1) is 18.1 Å². The average Bonchev–Trinajstić information content (AvgIpc) is 3.18. The zero-order valence-corrected chi connectivity index (χ0v) is 12.5. The van der Waals surface area contributed by atoms with Gasteiger partial charge >= 0.3 is 0 Å². The van der Waals surface area contributed by atoms with Gasteiger partial charge in [-0.15, -0.1) is 0 Å². The van der Waals surface area contributed by atoms with Crippen LogP contribution in [0.2, 0.25) is 0 Å². The van der Waals surface area contributed by atoms with Crippen molar-refractivity contribution in [3.63, 3.8) is 0 Å². The fourth-order valence-corrected chi connectivity index (χ4v) is 2.85. The number of benzene rings is 1. The van der Waals surface area contributed by atoms with Crippen LogP contribution in [0.25, 0.3) is 6.08 Å². The molecule has 0 saturated carbocycles. The second-order valence-electron chi connectivity index (χ2n) is 5.62. The summed E-state index contributed by atoms with van der Waals surface area (Å²) >= 11 is 0. The minimum absolute atomic E-state index is 0.131. The summed E-state index contributed by atoms with van der Waals surface area (Å²) in [6.45, 7) is 0.493. The van der Waals surface area contributed by atoms with E-state index in [2.05, 4.69) is 17.4 Å². The lowest BCUT2D eigenvalue weighted by Crippen LogP contribution is -2.44. The summed E-state index contributed by atoms with van der Waals surface area (Å²) in [7, 11) is 1.71. The first-order valence-electron chi connectivity index (χ1n) is 7.31. The van der Waals surface area contributed by atoms with Crippen LogP contribution in [-0.2, 0) is 22.4 Å². The first kappa shape index (κ1) is 14.6. The standard InChI is InChI=1S/C18H19NO3/c1-21-18(10-15-4-2-3-5-16(15)11-18)13-19-17(20)7-6-14-8-9-22-12-14/h2-9,12H,10-11,13H2,1H3,(H,19,20). The van der Waals surface area contributed by atoms with E-state index in [9.17, 15) is 4.79 Å². The molecule has 0 unspecified atom stereocenters. The summed E-state index contributed by atoms with van der Waals surface area (Å²) in [4.78, 5) is 11.9. The Morgan fingerprint density at radius 1 is 1.32 bits per heavy atom. The molecule has 1 aromatic carbocycles. The summed E-state index contributed by atoms with van der Waals surface area (Å²) in [5, 5.41) is 2.93. The highest BCUT2D eigenvalue weighted by Crippen LogP contribution is 2.32. The average molecular weight is 297 g/mol. The first-order valence-corrected chi connectivity index (χ1v) is 7.31. The van der Waals surface area contributed by atoms with E-state index >= 15 is 0 Å². The molecule has 0 aliphatic heterocycles. The molecule has 2 aromatic rings. The first-order chi connectivity index (χ1) is 10.7. The van der Waals surface area contributed by atoms with E-state index in [1.54, 1.807) is 31.8 Å². The van der Waals surface area contributed by atoms with E-state index in [0.29, 0.717) is 6.54 Å². The van der Waals surface area contributed by atoms with Crippen molar-refractivity contribution in [1.82, 2.24) is 5.32 Å². The third kappa shape index (κ3) is 3.12. The molecule has 0 spiro atoms. The fourth-order valence-electron chi connectivity index (χ4n) is 2.85. The largest absolute Gasteiger partial charge is 0.472 e. The molecule has 0 saturated heterocycles. The quantitative estimate of drug-likeness (QED) is 0.863. The zero-order chi connectivity index (χ0) is 15.4. The summed E-state index contributed by atoms with van der Waals surface area (Å²) in [6, 6.07) is 10.1. The number of hydrogen-bond donors (Lipinski definition) is 1. The van der Waals surface area contributed by atoms with Crippen LogP contribution in [0.5, 0.6) is 0 Å². The second-order valence-corrected chi connectivity index (χ2v) is 5.62. The van der Waals surface area contributed by atoms with Gasteiger partial charge in [0.15, 0.2) is 0 Å². The van der Waals surface area contributed by atoms with Gasteiger partial charge in [-0.25, -0.2) is 0 Å². The molecule has 1 heterocycles. The Balaban J connectivity index is 1.59. The molecule has 0 atom stereocenters. The summed E-state index contributed by atoms with van der Waals surface area (Å²) < 4.78 is 10.7. The summed E-state index contributed by atoms with van der Waals surface area (Å²) in [5.74, 6) is -0.131. The molecule has 114 valence electrons. The SMILES string of the molecule is COC1(CNC(=O)C=Cc2ccoc2)Cc2ccccc2C1. The monoisotopic (exact) mass is 297 g/mol. The molecule has 0 radical (unpaired) electrons. The summed E-state index contributed by atoms with van der Waals surface area (Å²) in [6.07, 6.45) is 8.05. The highest BCUT2D eigenvalue weighted by molar-refractivity contribution is 5.91. The maximum atomic E-state index is 11.9. The van der Waals surface area contributed by atoms with Crippen molar-refractivity contribution in [3.05, 3.63) is 65.6 Å². The van der Waals surface area contributed by atoms with Crippen LogP contribution in [0.15, 0.2) is 53.4 Å². The third-order valence-electron chi connectivity index (χ3n) is 4.13. The van der Waals surface area contributed by atoms with E-state index in [-0.39, 0.29) is 11.5 Å². The van der Waals surface area contributed by atoms with E-state index in [1.807, 2.05) is 12.1 Å². The molecule has 1 amide bonds.